The largest absolute Gasteiger partial charge is 0.472 e. The van der Waals surface area contributed by atoms with Gasteiger partial charge in [0.2, 0.25) is 0 Å². The molecule has 1 aromatic rings. The number of hydrogen-bond donors (Lipinski definition) is 1. The number of nitrogens with one attached hydrogen (secondary N) is 1. The Hall–Kier alpha value is -0.800. The molecule has 2 rings (SSSR count). The Morgan fingerprint density at radius 1 is 1.44 bits per heavy atom. The summed E-state index contributed by atoms with van der Waals surface area (Å²) in [7, 11) is 0. The van der Waals surface area contributed by atoms with Crippen molar-refractivity contribution in [2.24, 2.45) is 0 Å². The highest BCUT2D eigenvalue weighted by molar-refractivity contribution is 5.16. The first-order valence-corrected chi connectivity index (χ1v) is 5.97. The second-order valence-corrected chi connectivity index (χ2v) is 5.42. The van der Waals surface area contributed by atoms with E-state index in [4.69, 9.17) is 9.15 Å². The predicted octanol–water partition coefficient (Wildman–Crippen LogP) is 2.54. The minimum Gasteiger partial charge on any atom is -0.472 e. The number of furan rings is 1. The molecule has 2 unspecified atom stereocenters. The van der Waals surface area contributed by atoms with E-state index in [1.165, 1.54) is 5.56 Å². The Labute approximate surface area is 97.2 Å². The van der Waals surface area contributed by atoms with Gasteiger partial charge in [0.15, 0.2) is 0 Å². The zero-order chi connectivity index (χ0) is 11.6. The lowest BCUT2D eigenvalue weighted by Crippen LogP contribution is -2.44. The van der Waals surface area contributed by atoms with Crippen LogP contribution in [-0.4, -0.2) is 24.8 Å². The minimum absolute atomic E-state index is 0.0916. The molecule has 0 aliphatic carbocycles. The van der Waals surface area contributed by atoms with E-state index in [1.807, 2.05) is 6.26 Å². The van der Waals surface area contributed by atoms with E-state index in [2.05, 4.69) is 32.2 Å². The van der Waals surface area contributed by atoms with Crippen molar-refractivity contribution in [2.75, 3.05) is 13.1 Å². The third-order valence-corrected chi connectivity index (χ3v) is 2.90. The number of hydrogen-bond acceptors (Lipinski definition) is 3. The highest BCUT2D eigenvalue weighted by Gasteiger charge is 2.30. The molecule has 2 atom stereocenters. The zero-order valence-electron chi connectivity index (χ0n) is 10.3. The predicted molar refractivity (Wildman–Crippen MR) is 63.6 cm³/mol. The maximum atomic E-state index is 6.11. The summed E-state index contributed by atoms with van der Waals surface area (Å²) in [5, 5.41) is 3.39. The molecule has 2 heterocycles. The summed E-state index contributed by atoms with van der Waals surface area (Å²) in [5.74, 6) is 0.458. The monoisotopic (exact) mass is 223 g/mol. The van der Waals surface area contributed by atoms with Crippen molar-refractivity contribution in [1.29, 1.82) is 0 Å². The lowest BCUT2D eigenvalue weighted by Gasteiger charge is -2.36. The van der Waals surface area contributed by atoms with E-state index >= 15 is 0 Å². The van der Waals surface area contributed by atoms with Crippen LogP contribution in [0.15, 0.2) is 23.0 Å². The smallest absolute Gasteiger partial charge is 0.0938 e. The third-order valence-electron chi connectivity index (χ3n) is 2.90. The topological polar surface area (TPSA) is 34.4 Å². The fourth-order valence-electron chi connectivity index (χ4n) is 2.28. The van der Waals surface area contributed by atoms with Gasteiger partial charge in [-0.25, -0.2) is 0 Å². The average Bonchev–Trinajstić information content (AvgIpc) is 2.69. The van der Waals surface area contributed by atoms with Crippen LogP contribution in [0.1, 0.15) is 38.7 Å². The Balaban J connectivity index is 2.08. The average molecular weight is 223 g/mol. The normalized spacial score (nSPS) is 26.9. The maximum absolute atomic E-state index is 6.11. The van der Waals surface area contributed by atoms with Gasteiger partial charge in [-0.15, -0.1) is 0 Å². The van der Waals surface area contributed by atoms with Crippen LogP contribution in [0.3, 0.4) is 0 Å². The lowest BCUT2D eigenvalue weighted by molar-refractivity contribution is -0.0768. The van der Waals surface area contributed by atoms with E-state index in [0.717, 1.165) is 19.5 Å². The van der Waals surface area contributed by atoms with Crippen LogP contribution in [0.25, 0.3) is 0 Å². The molecule has 1 N–H and O–H groups in total. The van der Waals surface area contributed by atoms with Gasteiger partial charge in [0, 0.05) is 12.5 Å². The van der Waals surface area contributed by atoms with Gasteiger partial charge in [0.1, 0.15) is 0 Å². The van der Waals surface area contributed by atoms with Crippen molar-refractivity contribution in [1.82, 2.24) is 5.32 Å². The summed E-state index contributed by atoms with van der Waals surface area (Å²) < 4.78 is 11.3. The molecule has 1 fully saturated rings. The molecule has 0 saturated carbocycles. The highest BCUT2D eigenvalue weighted by atomic mass is 16.5. The van der Waals surface area contributed by atoms with Crippen molar-refractivity contribution in [3.63, 3.8) is 0 Å². The van der Waals surface area contributed by atoms with Crippen LogP contribution in [-0.2, 0) is 4.74 Å². The fraction of sp³-hybridized carbons (Fsp3) is 0.692. The maximum Gasteiger partial charge on any atom is 0.0938 e. The quantitative estimate of drug-likeness (QED) is 0.836. The van der Waals surface area contributed by atoms with E-state index < -0.39 is 0 Å². The van der Waals surface area contributed by atoms with Gasteiger partial charge in [-0.2, -0.15) is 0 Å². The molecular formula is C13H21NO2. The van der Waals surface area contributed by atoms with Gasteiger partial charge >= 0.3 is 0 Å². The number of ether oxygens (including phenoxy) is 1. The molecule has 16 heavy (non-hydrogen) atoms. The summed E-state index contributed by atoms with van der Waals surface area (Å²) in [6.45, 7) is 8.29. The molecule has 0 amide bonds. The van der Waals surface area contributed by atoms with Crippen molar-refractivity contribution >= 4 is 0 Å². The van der Waals surface area contributed by atoms with E-state index in [9.17, 15) is 0 Å². The first-order chi connectivity index (χ1) is 7.56. The molecule has 0 aromatic carbocycles. The standard InChI is InChI=1S/C13H21NO2/c1-13(2,3)16-12-8-14-6-4-11(12)10-5-7-15-9-10/h5,7,9,11-12,14H,4,6,8H2,1-3H3. The summed E-state index contributed by atoms with van der Waals surface area (Å²) >= 11 is 0. The summed E-state index contributed by atoms with van der Waals surface area (Å²) in [6, 6.07) is 2.05. The SMILES string of the molecule is CC(C)(C)OC1CNCCC1c1ccoc1. The second-order valence-electron chi connectivity index (χ2n) is 5.42. The molecule has 1 saturated heterocycles. The zero-order valence-corrected chi connectivity index (χ0v) is 10.3. The van der Waals surface area contributed by atoms with E-state index in [-0.39, 0.29) is 11.7 Å². The molecular weight excluding hydrogens is 202 g/mol. The molecule has 0 spiro atoms. The van der Waals surface area contributed by atoms with Crippen molar-refractivity contribution in [3.8, 4) is 0 Å². The molecule has 1 aliphatic rings. The van der Waals surface area contributed by atoms with Crippen LogP contribution in [0, 0.1) is 0 Å². The second kappa shape index (κ2) is 4.60. The number of rotatable bonds is 2. The van der Waals surface area contributed by atoms with Crippen molar-refractivity contribution < 1.29 is 9.15 Å². The lowest BCUT2D eigenvalue weighted by atomic mass is 9.89. The molecule has 1 aromatic heterocycles. The van der Waals surface area contributed by atoms with Gasteiger partial charge in [-0.1, -0.05) is 0 Å². The van der Waals surface area contributed by atoms with Crippen LogP contribution in [0.5, 0.6) is 0 Å². The van der Waals surface area contributed by atoms with Gasteiger partial charge in [-0.05, 0) is 45.4 Å². The van der Waals surface area contributed by atoms with Crippen LogP contribution >= 0.6 is 0 Å². The molecule has 3 nitrogen and oxygen atoms in total. The Morgan fingerprint density at radius 2 is 2.25 bits per heavy atom. The molecule has 1 aliphatic heterocycles. The van der Waals surface area contributed by atoms with Crippen LogP contribution in [0.4, 0.5) is 0 Å². The molecule has 3 heteroatoms. The molecule has 0 radical (unpaired) electrons. The molecule has 90 valence electrons. The van der Waals surface area contributed by atoms with Gasteiger partial charge in [0.05, 0.1) is 24.2 Å². The van der Waals surface area contributed by atoms with Crippen LogP contribution in [0.2, 0.25) is 0 Å². The summed E-state index contributed by atoms with van der Waals surface area (Å²) in [5.41, 5.74) is 1.17. The van der Waals surface area contributed by atoms with Gasteiger partial charge in [0.25, 0.3) is 0 Å². The van der Waals surface area contributed by atoms with Crippen LogP contribution < -0.4 is 5.32 Å². The minimum atomic E-state index is -0.0916. The Kier molecular flexibility index (Phi) is 3.36. The first kappa shape index (κ1) is 11.7. The van der Waals surface area contributed by atoms with E-state index in [1.54, 1.807) is 6.26 Å². The number of piperidine rings is 1. The summed E-state index contributed by atoms with van der Waals surface area (Å²) in [4.78, 5) is 0. The highest BCUT2D eigenvalue weighted by Crippen LogP contribution is 2.30. The van der Waals surface area contributed by atoms with Gasteiger partial charge in [-0.3, -0.25) is 0 Å². The molecule has 0 bridgehead atoms. The third kappa shape index (κ3) is 2.86. The van der Waals surface area contributed by atoms with E-state index in [0.29, 0.717) is 5.92 Å². The fourth-order valence-corrected chi connectivity index (χ4v) is 2.28. The van der Waals surface area contributed by atoms with Gasteiger partial charge < -0.3 is 14.5 Å². The Bertz CT molecular complexity index is 313. The van der Waals surface area contributed by atoms with Crippen molar-refractivity contribution in [3.05, 3.63) is 24.2 Å². The Morgan fingerprint density at radius 3 is 2.88 bits per heavy atom. The summed E-state index contributed by atoms with van der Waals surface area (Å²) in [6.07, 6.45) is 4.94. The first-order valence-electron chi connectivity index (χ1n) is 5.97. The van der Waals surface area contributed by atoms with Crippen molar-refractivity contribution in [2.45, 2.75) is 44.8 Å².